The predicted octanol–water partition coefficient (Wildman–Crippen LogP) is 4.79. The number of hydrogen-bond donors (Lipinski definition) is 1. The Hall–Kier alpha value is -1.24. The van der Waals surface area contributed by atoms with E-state index in [0.717, 1.165) is 9.79 Å². The quantitative estimate of drug-likeness (QED) is 0.615. The number of thioether (sulfide) groups is 1. The van der Waals surface area contributed by atoms with Gasteiger partial charge < -0.3 is 5.11 Å². The maximum Gasteiger partial charge on any atom is 0.373 e. The van der Waals surface area contributed by atoms with Crippen molar-refractivity contribution in [2.24, 2.45) is 0 Å². The number of carbonyl (C=O) groups is 1. The van der Waals surface area contributed by atoms with E-state index in [-0.39, 0.29) is 11.1 Å². The number of benzene rings is 1. The van der Waals surface area contributed by atoms with Gasteiger partial charge in [0.25, 0.3) is 0 Å². The second-order valence-electron chi connectivity index (χ2n) is 4.77. The molecular formula is C15H15ClN2O2S2. The molecule has 2 aromatic rings. The van der Waals surface area contributed by atoms with Crippen molar-refractivity contribution in [3.05, 3.63) is 40.8 Å². The van der Waals surface area contributed by atoms with Crippen molar-refractivity contribution in [3.63, 3.8) is 0 Å². The maximum absolute atomic E-state index is 11.2. The van der Waals surface area contributed by atoms with Gasteiger partial charge in [0.05, 0.1) is 15.6 Å². The van der Waals surface area contributed by atoms with Crippen molar-refractivity contribution in [2.45, 2.75) is 40.8 Å². The molecule has 0 aliphatic rings. The van der Waals surface area contributed by atoms with Crippen LogP contribution in [0.2, 0.25) is 5.02 Å². The Morgan fingerprint density at radius 3 is 2.55 bits per heavy atom. The van der Waals surface area contributed by atoms with Crippen molar-refractivity contribution >= 4 is 41.1 Å². The topological polar surface area (TPSA) is 63.1 Å². The molecule has 0 amide bonds. The first-order valence-corrected chi connectivity index (χ1v) is 8.67. The zero-order valence-electron chi connectivity index (χ0n) is 12.3. The van der Waals surface area contributed by atoms with E-state index in [1.54, 1.807) is 6.92 Å². The van der Waals surface area contributed by atoms with Crippen molar-refractivity contribution in [1.29, 1.82) is 0 Å². The first kappa shape index (κ1) is 17.1. The highest BCUT2D eigenvalue weighted by Gasteiger charge is 2.18. The molecule has 1 aromatic carbocycles. The second kappa shape index (κ2) is 7.35. The zero-order valence-corrected chi connectivity index (χ0v) is 14.7. The molecule has 22 heavy (non-hydrogen) atoms. The minimum Gasteiger partial charge on any atom is -0.475 e. The molecular weight excluding hydrogens is 340 g/mol. The van der Waals surface area contributed by atoms with Crippen LogP contribution in [0.15, 0.2) is 39.1 Å². The minimum absolute atomic E-state index is 0.177. The highest BCUT2D eigenvalue weighted by molar-refractivity contribution is 8.02. The predicted molar refractivity (Wildman–Crippen MR) is 90.3 cm³/mol. The summed E-state index contributed by atoms with van der Waals surface area (Å²) in [4.78, 5) is 21.2. The molecule has 1 N–H and O–H groups in total. The van der Waals surface area contributed by atoms with Gasteiger partial charge in [-0.05, 0) is 19.1 Å². The Labute approximate surface area is 142 Å². The summed E-state index contributed by atoms with van der Waals surface area (Å²) in [6.07, 6.45) is 0. The van der Waals surface area contributed by atoms with E-state index in [9.17, 15) is 4.79 Å². The smallest absolute Gasteiger partial charge is 0.373 e. The van der Waals surface area contributed by atoms with E-state index < -0.39 is 5.97 Å². The van der Waals surface area contributed by atoms with E-state index in [2.05, 4.69) is 9.97 Å². The molecule has 1 heterocycles. The fourth-order valence-electron chi connectivity index (χ4n) is 1.69. The highest BCUT2D eigenvalue weighted by atomic mass is 35.5. The first-order valence-electron chi connectivity index (χ1n) is 6.59. The third kappa shape index (κ3) is 4.15. The molecule has 0 radical (unpaired) electrons. The summed E-state index contributed by atoms with van der Waals surface area (Å²) in [6.45, 7) is 5.86. The standard InChI is InChI=1S/C15H15ClN2O2S2/c1-8(2)21-14-12(9(3)17-13(18-14)15(19)20)22-11-7-5-4-6-10(11)16/h4-8H,1-3H3,(H,19,20). The number of aromatic carboxylic acids is 1. The van der Waals surface area contributed by atoms with E-state index >= 15 is 0 Å². The average Bonchev–Trinajstić information content (AvgIpc) is 2.43. The monoisotopic (exact) mass is 354 g/mol. The normalized spacial score (nSPS) is 11.0. The van der Waals surface area contributed by atoms with Crippen LogP contribution in [-0.4, -0.2) is 26.3 Å². The number of carboxylic acids is 1. The third-order valence-electron chi connectivity index (χ3n) is 2.59. The first-order chi connectivity index (χ1) is 10.4. The summed E-state index contributed by atoms with van der Waals surface area (Å²) in [5, 5.41) is 10.7. The van der Waals surface area contributed by atoms with Gasteiger partial charge in [-0.25, -0.2) is 14.8 Å². The molecule has 0 spiro atoms. The van der Waals surface area contributed by atoms with E-state index in [4.69, 9.17) is 16.7 Å². The van der Waals surface area contributed by atoms with Gasteiger partial charge in [-0.1, -0.05) is 49.3 Å². The summed E-state index contributed by atoms with van der Waals surface area (Å²) in [7, 11) is 0. The molecule has 2 rings (SSSR count). The van der Waals surface area contributed by atoms with Crippen LogP contribution in [0, 0.1) is 6.92 Å². The van der Waals surface area contributed by atoms with Crippen molar-refractivity contribution in [3.8, 4) is 0 Å². The van der Waals surface area contributed by atoms with Crippen LogP contribution in [0.25, 0.3) is 0 Å². The van der Waals surface area contributed by atoms with E-state index in [0.29, 0.717) is 15.7 Å². The Bertz CT molecular complexity index is 708. The van der Waals surface area contributed by atoms with Gasteiger partial charge in [0.15, 0.2) is 0 Å². The van der Waals surface area contributed by atoms with Crippen LogP contribution < -0.4 is 0 Å². The summed E-state index contributed by atoms with van der Waals surface area (Å²) >= 11 is 9.18. The highest BCUT2D eigenvalue weighted by Crippen LogP contribution is 2.40. The molecule has 0 bridgehead atoms. The summed E-state index contributed by atoms with van der Waals surface area (Å²) in [5.74, 6) is -1.30. The molecule has 0 fully saturated rings. The van der Waals surface area contributed by atoms with Crippen LogP contribution >= 0.6 is 35.1 Å². The molecule has 116 valence electrons. The number of halogens is 1. The molecule has 0 unspecified atom stereocenters. The van der Waals surface area contributed by atoms with Gasteiger partial charge in [0.1, 0.15) is 5.03 Å². The van der Waals surface area contributed by atoms with Gasteiger partial charge in [-0.3, -0.25) is 0 Å². The Kier molecular flexibility index (Phi) is 5.72. The largest absolute Gasteiger partial charge is 0.475 e. The number of aryl methyl sites for hydroxylation is 1. The lowest BCUT2D eigenvalue weighted by atomic mass is 10.4. The van der Waals surface area contributed by atoms with Gasteiger partial charge >= 0.3 is 5.97 Å². The van der Waals surface area contributed by atoms with Gasteiger partial charge in [0, 0.05) is 10.1 Å². The lowest BCUT2D eigenvalue weighted by Gasteiger charge is -2.13. The lowest BCUT2D eigenvalue weighted by Crippen LogP contribution is -2.08. The van der Waals surface area contributed by atoms with Crippen molar-refractivity contribution in [1.82, 2.24) is 9.97 Å². The number of carboxylic acid groups (broad SMARTS) is 1. The van der Waals surface area contributed by atoms with E-state index in [1.807, 2.05) is 38.1 Å². The second-order valence-corrected chi connectivity index (χ2v) is 7.80. The van der Waals surface area contributed by atoms with Gasteiger partial charge in [0.2, 0.25) is 5.82 Å². The van der Waals surface area contributed by atoms with Crippen LogP contribution in [-0.2, 0) is 0 Å². The number of aromatic nitrogens is 2. The Morgan fingerprint density at radius 1 is 1.27 bits per heavy atom. The number of hydrogen-bond acceptors (Lipinski definition) is 5. The van der Waals surface area contributed by atoms with Crippen LogP contribution in [0.4, 0.5) is 0 Å². The molecule has 0 saturated heterocycles. The third-order valence-corrected chi connectivity index (χ3v) is 5.42. The molecule has 0 aliphatic heterocycles. The van der Waals surface area contributed by atoms with E-state index in [1.165, 1.54) is 23.5 Å². The van der Waals surface area contributed by atoms with Crippen molar-refractivity contribution < 1.29 is 9.90 Å². The fraction of sp³-hybridized carbons (Fsp3) is 0.267. The molecule has 7 heteroatoms. The number of rotatable bonds is 5. The molecule has 0 aliphatic carbocycles. The molecule has 1 aromatic heterocycles. The van der Waals surface area contributed by atoms with Crippen LogP contribution in [0.1, 0.15) is 30.2 Å². The van der Waals surface area contributed by atoms with Gasteiger partial charge in [-0.15, -0.1) is 11.8 Å². The average molecular weight is 355 g/mol. The van der Waals surface area contributed by atoms with Crippen LogP contribution in [0.5, 0.6) is 0 Å². The van der Waals surface area contributed by atoms with Gasteiger partial charge in [-0.2, -0.15) is 0 Å². The van der Waals surface area contributed by atoms with Crippen molar-refractivity contribution in [2.75, 3.05) is 0 Å². The number of nitrogens with zero attached hydrogens (tertiary/aromatic N) is 2. The fourth-order valence-corrected chi connectivity index (χ4v) is 3.91. The Balaban J connectivity index is 2.49. The lowest BCUT2D eigenvalue weighted by molar-refractivity contribution is 0.0681. The molecule has 0 saturated carbocycles. The maximum atomic E-state index is 11.2. The molecule has 4 nitrogen and oxygen atoms in total. The Morgan fingerprint density at radius 2 is 1.95 bits per heavy atom. The minimum atomic E-state index is -1.12. The zero-order chi connectivity index (χ0) is 16.3. The molecule has 0 atom stereocenters. The summed E-state index contributed by atoms with van der Waals surface area (Å²) in [5.41, 5.74) is 0.639. The SMILES string of the molecule is Cc1nc(C(=O)O)nc(SC(C)C)c1Sc1ccccc1Cl. The summed E-state index contributed by atoms with van der Waals surface area (Å²) in [6, 6.07) is 7.51. The van der Waals surface area contributed by atoms with Crippen LogP contribution in [0.3, 0.4) is 0 Å². The summed E-state index contributed by atoms with van der Waals surface area (Å²) < 4.78 is 0.